The monoisotopic (exact) mass is 1240 g/mol. The van der Waals surface area contributed by atoms with Gasteiger partial charge < -0.3 is 20.3 Å². The fourth-order valence-electron chi connectivity index (χ4n) is 13.3. The van der Waals surface area contributed by atoms with Crippen LogP contribution in [-0.2, 0) is 14.3 Å². The van der Waals surface area contributed by atoms with Crippen molar-refractivity contribution in [2.24, 2.45) is 0 Å². The second-order valence-corrected chi connectivity index (χ2v) is 28.5. The van der Waals surface area contributed by atoms with E-state index in [1.807, 2.05) is 6.08 Å². The van der Waals surface area contributed by atoms with Gasteiger partial charge in [-0.1, -0.05) is 443 Å². The van der Waals surface area contributed by atoms with Gasteiger partial charge in [0.05, 0.1) is 25.4 Å². The second-order valence-electron chi connectivity index (χ2n) is 28.5. The fourth-order valence-corrected chi connectivity index (χ4v) is 13.3. The van der Waals surface area contributed by atoms with Gasteiger partial charge in [-0.05, 0) is 32.1 Å². The zero-order valence-corrected chi connectivity index (χ0v) is 60.3. The Balaban J connectivity index is 3.30. The topological polar surface area (TPSA) is 95.9 Å². The number of aliphatic hydroxyl groups is 2. The molecule has 0 radical (unpaired) electrons. The number of rotatable bonds is 78. The third kappa shape index (κ3) is 73.6. The summed E-state index contributed by atoms with van der Waals surface area (Å²) in [6.07, 6.45) is 99.3. The maximum atomic E-state index is 12.5. The first-order chi connectivity index (χ1) is 43.5. The molecule has 0 aromatic carbocycles. The number of aliphatic hydroxyl groups excluding tert-OH is 2. The van der Waals surface area contributed by atoms with Gasteiger partial charge in [-0.25, -0.2) is 0 Å². The number of hydrogen-bond acceptors (Lipinski definition) is 5. The van der Waals surface area contributed by atoms with Crippen LogP contribution >= 0.6 is 0 Å². The average Bonchev–Trinajstić information content (AvgIpc) is 3.53. The van der Waals surface area contributed by atoms with Crippen LogP contribution in [0.1, 0.15) is 476 Å². The van der Waals surface area contributed by atoms with Gasteiger partial charge in [0.15, 0.2) is 0 Å². The Bertz CT molecular complexity index is 1340. The van der Waals surface area contributed by atoms with Crippen LogP contribution in [0, 0.1) is 0 Å². The van der Waals surface area contributed by atoms with Crippen LogP contribution in [0.4, 0.5) is 0 Å². The Morgan fingerprint density at radius 1 is 0.307 bits per heavy atom. The number of ether oxygens (including phenoxy) is 1. The van der Waals surface area contributed by atoms with Gasteiger partial charge in [-0.15, -0.1) is 0 Å². The van der Waals surface area contributed by atoms with Crippen molar-refractivity contribution in [3.8, 4) is 0 Å². The van der Waals surface area contributed by atoms with E-state index in [9.17, 15) is 19.8 Å². The molecule has 0 aliphatic carbocycles. The molecule has 0 saturated carbocycles. The lowest BCUT2D eigenvalue weighted by Crippen LogP contribution is -2.45. The Morgan fingerprint density at radius 3 is 0.773 bits per heavy atom. The first-order valence-electron chi connectivity index (χ1n) is 41.0. The van der Waals surface area contributed by atoms with E-state index in [0.29, 0.717) is 19.4 Å². The highest BCUT2D eigenvalue weighted by molar-refractivity contribution is 5.76. The van der Waals surface area contributed by atoms with Crippen LogP contribution in [0.25, 0.3) is 0 Å². The van der Waals surface area contributed by atoms with Crippen molar-refractivity contribution in [3.05, 3.63) is 12.2 Å². The summed E-state index contributed by atoms with van der Waals surface area (Å²) in [6, 6.07) is -0.623. The first kappa shape index (κ1) is 86.6. The molecule has 0 aliphatic rings. The van der Waals surface area contributed by atoms with E-state index >= 15 is 0 Å². The minimum absolute atomic E-state index is 0.0265. The summed E-state index contributed by atoms with van der Waals surface area (Å²) in [5, 5.41) is 23.3. The zero-order chi connectivity index (χ0) is 63.5. The maximum absolute atomic E-state index is 12.5. The lowest BCUT2D eigenvalue weighted by atomic mass is 10.0. The lowest BCUT2D eigenvalue weighted by Gasteiger charge is -2.20. The summed E-state index contributed by atoms with van der Waals surface area (Å²) < 4.78 is 5.50. The van der Waals surface area contributed by atoms with Gasteiger partial charge >= 0.3 is 5.97 Å². The quantitative estimate of drug-likeness (QED) is 0.0320. The Hall–Kier alpha value is -1.40. The van der Waals surface area contributed by atoms with Crippen molar-refractivity contribution in [3.63, 3.8) is 0 Å². The van der Waals surface area contributed by atoms with Crippen molar-refractivity contribution in [2.75, 3.05) is 13.2 Å². The van der Waals surface area contributed by atoms with E-state index in [-0.39, 0.29) is 18.5 Å². The standard InChI is InChI=1S/C82H161NO5/c1-3-5-7-9-11-13-15-17-18-19-41-44-47-51-54-58-62-66-70-74-80(85)79(78-84)83-81(86)75-71-67-63-59-55-52-48-45-42-39-37-35-33-31-29-27-25-23-21-20-22-24-26-28-30-32-34-36-38-40-43-46-49-53-57-61-65-69-73-77-88-82(87)76-72-68-64-60-56-50-16-14-12-10-8-6-4-2/h70,74,79-80,84-85H,3-69,71-73,75-78H2,1-2H3,(H,83,86)/b74-70+. The van der Waals surface area contributed by atoms with Gasteiger partial charge in [-0.2, -0.15) is 0 Å². The predicted molar refractivity (Wildman–Crippen MR) is 389 cm³/mol. The molecule has 0 aromatic rings. The van der Waals surface area contributed by atoms with Crippen molar-refractivity contribution in [2.45, 2.75) is 488 Å². The minimum Gasteiger partial charge on any atom is -0.466 e. The van der Waals surface area contributed by atoms with Gasteiger partial charge in [0.1, 0.15) is 0 Å². The van der Waals surface area contributed by atoms with Crippen molar-refractivity contribution >= 4 is 11.9 Å². The number of amides is 1. The van der Waals surface area contributed by atoms with Crippen molar-refractivity contribution < 1.29 is 24.5 Å². The number of hydrogen-bond donors (Lipinski definition) is 3. The maximum Gasteiger partial charge on any atom is 0.305 e. The van der Waals surface area contributed by atoms with E-state index < -0.39 is 12.1 Å². The molecule has 88 heavy (non-hydrogen) atoms. The molecule has 6 nitrogen and oxygen atoms in total. The van der Waals surface area contributed by atoms with Gasteiger partial charge in [0, 0.05) is 12.8 Å². The second kappa shape index (κ2) is 78.0. The molecule has 6 heteroatoms. The largest absolute Gasteiger partial charge is 0.466 e. The number of carbonyl (C=O) groups is 2. The summed E-state index contributed by atoms with van der Waals surface area (Å²) >= 11 is 0. The first-order valence-corrected chi connectivity index (χ1v) is 41.0. The molecule has 2 atom stereocenters. The molecule has 2 unspecified atom stereocenters. The normalized spacial score (nSPS) is 12.5. The average molecular weight is 1240 g/mol. The van der Waals surface area contributed by atoms with Crippen LogP contribution in [0.3, 0.4) is 0 Å². The minimum atomic E-state index is -0.840. The number of unbranched alkanes of at least 4 members (excludes halogenated alkanes) is 67. The van der Waals surface area contributed by atoms with Crippen LogP contribution < -0.4 is 5.32 Å². The summed E-state index contributed by atoms with van der Waals surface area (Å²) in [5.41, 5.74) is 0. The van der Waals surface area contributed by atoms with Gasteiger partial charge in [-0.3, -0.25) is 9.59 Å². The number of carbonyl (C=O) groups excluding carboxylic acids is 2. The molecule has 0 spiro atoms. The third-order valence-electron chi connectivity index (χ3n) is 19.6. The van der Waals surface area contributed by atoms with E-state index in [1.165, 1.54) is 411 Å². The molecule has 0 fully saturated rings. The molecule has 0 rings (SSSR count). The molecule has 0 bridgehead atoms. The Labute approximate surface area is 552 Å². The molecule has 0 heterocycles. The van der Waals surface area contributed by atoms with Crippen LogP contribution in [-0.4, -0.2) is 47.4 Å². The highest BCUT2D eigenvalue weighted by Gasteiger charge is 2.18. The number of esters is 1. The predicted octanol–water partition coefficient (Wildman–Crippen LogP) is 27.1. The highest BCUT2D eigenvalue weighted by atomic mass is 16.5. The molecule has 524 valence electrons. The lowest BCUT2D eigenvalue weighted by molar-refractivity contribution is -0.143. The molecule has 0 saturated heterocycles. The van der Waals surface area contributed by atoms with E-state index in [0.717, 1.165) is 38.5 Å². The fraction of sp³-hybridized carbons (Fsp3) is 0.951. The van der Waals surface area contributed by atoms with E-state index in [4.69, 9.17) is 4.74 Å². The number of nitrogens with one attached hydrogen (secondary N) is 1. The summed E-state index contributed by atoms with van der Waals surface area (Å²) in [4.78, 5) is 24.6. The molecule has 0 aromatic heterocycles. The van der Waals surface area contributed by atoms with Crippen LogP contribution in [0.5, 0.6) is 0 Å². The summed E-state index contributed by atoms with van der Waals surface area (Å²) in [6.45, 7) is 4.96. The van der Waals surface area contributed by atoms with Gasteiger partial charge in [0.2, 0.25) is 5.91 Å². The SMILES string of the molecule is CCCCCCCCCCCCCCCCCCC/C=C/C(O)C(CO)NC(=O)CCCCCCCCCCCCCCCCCCCCCCCCCCCCCCCCCCCCCCCCCOC(=O)CCCCCCCCCCCCCCC. The third-order valence-corrected chi connectivity index (χ3v) is 19.6. The van der Waals surface area contributed by atoms with Crippen LogP contribution in [0.2, 0.25) is 0 Å². The zero-order valence-electron chi connectivity index (χ0n) is 60.3. The van der Waals surface area contributed by atoms with Crippen molar-refractivity contribution in [1.82, 2.24) is 5.32 Å². The Kier molecular flexibility index (Phi) is 76.8. The molecule has 0 aliphatic heterocycles. The van der Waals surface area contributed by atoms with Crippen molar-refractivity contribution in [1.29, 1.82) is 0 Å². The van der Waals surface area contributed by atoms with Gasteiger partial charge in [0.25, 0.3) is 0 Å². The number of allylic oxidation sites excluding steroid dienone is 1. The smallest absolute Gasteiger partial charge is 0.305 e. The van der Waals surface area contributed by atoms with E-state index in [2.05, 4.69) is 19.2 Å². The summed E-state index contributed by atoms with van der Waals surface area (Å²) in [5.74, 6) is -0.0304. The molecule has 3 N–H and O–H groups in total. The van der Waals surface area contributed by atoms with Crippen LogP contribution in [0.15, 0.2) is 12.2 Å². The Morgan fingerprint density at radius 2 is 0.523 bits per heavy atom. The molecular formula is C82H161NO5. The highest BCUT2D eigenvalue weighted by Crippen LogP contribution is 2.21. The summed E-state index contributed by atoms with van der Waals surface area (Å²) in [7, 11) is 0. The van der Waals surface area contributed by atoms with E-state index in [1.54, 1.807) is 6.08 Å². The molecular weight excluding hydrogens is 1080 g/mol. The molecule has 1 amide bonds.